The number of hydrogen-bond acceptors (Lipinski definition) is 3. The zero-order valence-electron chi connectivity index (χ0n) is 12.4. The summed E-state index contributed by atoms with van der Waals surface area (Å²) in [5.41, 5.74) is 5.30. The number of amides is 2. The smallest absolute Gasteiger partial charge is 0.242 e. The van der Waals surface area contributed by atoms with E-state index in [9.17, 15) is 9.59 Å². The molecule has 2 amide bonds. The Morgan fingerprint density at radius 2 is 1.89 bits per heavy atom. The molecular weight excluding hydrogens is 242 g/mol. The summed E-state index contributed by atoms with van der Waals surface area (Å²) in [5, 5.41) is 2.84. The van der Waals surface area contributed by atoms with Crippen molar-refractivity contribution in [1.29, 1.82) is 0 Å². The van der Waals surface area contributed by atoms with E-state index in [-0.39, 0.29) is 17.7 Å². The molecule has 0 bridgehead atoms. The summed E-state index contributed by atoms with van der Waals surface area (Å²) in [5.74, 6) is 0.168. The van der Waals surface area contributed by atoms with Gasteiger partial charge >= 0.3 is 0 Å². The maximum Gasteiger partial charge on any atom is 0.242 e. The highest BCUT2D eigenvalue weighted by Crippen LogP contribution is 2.21. The molecule has 1 unspecified atom stereocenters. The van der Waals surface area contributed by atoms with Gasteiger partial charge in [-0.05, 0) is 33.1 Å². The summed E-state index contributed by atoms with van der Waals surface area (Å²) < 4.78 is 0. The van der Waals surface area contributed by atoms with Gasteiger partial charge in [0.2, 0.25) is 11.8 Å². The summed E-state index contributed by atoms with van der Waals surface area (Å²) in [6, 6.07) is 0. The lowest BCUT2D eigenvalue weighted by Crippen LogP contribution is -2.55. The van der Waals surface area contributed by atoms with E-state index in [0.29, 0.717) is 26.1 Å². The number of likely N-dealkylation sites (tertiary alicyclic amines) is 1. The molecule has 0 radical (unpaired) electrons. The normalized spacial score (nSPS) is 19.9. The molecule has 19 heavy (non-hydrogen) atoms. The summed E-state index contributed by atoms with van der Waals surface area (Å²) >= 11 is 0. The van der Waals surface area contributed by atoms with E-state index in [2.05, 4.69) is 5.32 Å². The first-order valence-electron chi connectivity index (χ1n) is 7.28. The second-order valence-corrected chi connectivity index (χ2v) is 5.63. The van der Waals surface area contributed by atoms with Gasteiger partial charge in [0, 0.05) is 25.6 Å². The quantitative estimate of drug-likeness (QED) is 0.778. The molecule has 1 heterocycles. The molecule has 0 aromatic rings. The van der Waals surface area contributed by atoms with Gasteiger partial charge in [-0.25, -0.2) is 0 Å². The van der Waals surface area contributed by atoms with E-state index in [4.69, 9.17) is 5.73 Å². The minimum atomic E-state index is -0.771. The Bertz CT molecular complexity index is 321. The van der Waals surface area contributed by atoms with Crippen LogP contribution in [0.15, 0.2) is 0 Å². The highest BCUT2D eigenvalue weighted by molar-refractivity contribution is 5.86. The van der Waals surface area contributed by atoms with Crippen molar-refractivity contribution in [2.45, 2.75) is 52.0 Å². The molecular formula is C14H27N3O2. The van der Waals surface area contributed by atoms with E-state index in [0.717, 1.165) is 19.3 Å². The Hall–Kier alpha value is -1.10. The van der Waals surface area contributed by atoms with Crippen LogP contribution in [0.1, 0.15) is 46.5 Å². The van der Waals surface area contributed by atoms with Crippen LogP contribution >= 0.6 is 0 Å². The van der Waals surface area contributed by atoms with Crippen LogP contribution in [0.2, 0.25) is 0 Å². The maximum atomic E-state index is 12.3. The maximum absolute atomic E-state index is 12.3. The zero-order valence-corrected chi connectivity index (χ0v) is 12.4. The van der Waals surface area contributed by atoms with Crippen LogP contribution in [0, 0.1) is 5.92 Å². The topological polar surface area (TPSA) is 75.4 Å². The van der Waals surface area contributed by atoms with Crippen LogP contribution in [0.3, 0.4) is 0 Å². The Kier molecular flexibility index (Phi) is 5.79. The predicted octanol–water partition coefficient (Wildman–Crippen LogP) is 0.879. The molecule has 3 N–H and O–H groups in total. The molecule has 1 atom stereocenters. The van der Waals surface area contributed by atoms with Gasteiger partial charge in [0.15, 0.2) is 0 Å². The number of nitrogens with one attached hydrogen (secondary N) is 1. The monoisotopic (exact) mass is 269 g/mol. The van der Waals surface area contributed by atoms with E-state index in [1.807, 2.05) is 18.7 Å². The summed E-state index contributed by atoms with van der Waals surface area (Å²) in [6.07, 6.45) is 3.07. The minimum absolute atomic E-state index is 0.0173. The average molecular weight is 269 g/mol. The van der Waals surface area contributed by atoms with Gasteiger partial charge in [0.05, 0.1) is 5.54 Å². The van der Waals surface area contributed by atoms with Crippen LogP contribution < -0.4 is 11.1 Å². The lowest BCUT2D eigenvalue weighted by molar-refractivity contribution is -0.140. The molecule has 1 aliphatic heterocycles. The number of carbonyl (C=O) groups excluding carboxylic acids is 2. The fourth-order valence-corrected chi connectivity index (χ4v) is 2.65. The third-order valence-electron chi connectivity index (χ3n) is 3.76. The number of nitrogens with zero attached hydrogens (tertiary/aromatic N) is 1. The molecule has 0 aromatic carbocycles. The van der Waals surface area contributed by atoms with Gasteiger partial charge in [0.1, 0.15) is 0 Å². The van der Waals surface area contributed by atoms with Crippen molar-refractivity contribution in [2.24, 2.45) is 11.7 Å². The number of rotatable bonds is 5. The Morgan fingerprint density at radius 1 is 1.32 bits per heavy atom. The lowest BCUT2D eigenvalue weighted by atomic mass is 9.91. The SMILES string of the molecule is CCCC(C)(N)C(=O)N1CCC(C(=O)NCC)CC1. The van der Waals surface area contributed by atoms with Crippen molar-refractivity contribution in [3.05, 3.63) is 0 Å². The molecule has 1 rings (SSSR count). The van der Waals surface area contributed by atoms with Crippen molar-refractivity contribution in [1.82, 2.24) is 10.2 Å². The Labute approximate surface area is 115 Å². The fraction of sp³-hybridized carbons (Fsp3) is 0.857. The van der Waals surface area contributed by atoms with Gasteiger partial charge in [-0.1, -0.05) is 13.3 Å². The predicted molar refractivity (Wildman–Crippen MR) is 75.5 cm³/mol. The lowest BCUT2D eigenvalue weighted by Gasteiger charge is -2.36. The Balaban J connectivity index is 2.49. The van der Waals surface area contributed by atoms with Gasteiger partial charge < -0.3 is 16.0 Å². The van der Waals surface area contributed by atoms with Crippen LogP contribution in [-0.2, 0) is 9.59 Å². The van der Waals surface area contributed by atoms with E-state index in [1.165, 1.54) is 0 Å². The first-order valence-corrected chi connectivity index (χ1v) is 7.28. The highest BCUT2D eigenvalue weighted by atomic mass is 16.2. The minimum Gasteiger partial charge on any atom is -0.356 e. The van der Waals surface area contributed by atoms with Crippen molar-refractivity contribution < 1.29 is 9.59 Å². The van der Waals surface area contributed by atoms with Crippen LogP contribution in [0.5, 0.6) is 0 Å². The molecule has 1 fully saturated rings. The molecule has 5 nitrogen and oxygen atoms in total. The van der Waals surface area contributed by atoms with Crippen molar-refractivity contribution in [2.75, 3.05) is 19.6 Å². The average Bonchev–Trinajstić information content (AvgIpc) is 2.38. The first-order chi connectivity index (χ1) is 8.92. The molecule has 0 saturated carbocycles. The summed E-state index contributed by atoms with van der Waals surface area (Å²) in [7, 11) is 0. The van der Waals surface area contributed by atoms with E-state index >= 15 is 0 Å². The summed E-state index contributed by atoms with van der Waals surface area (Å²) in [6.45, 7) is 7.68. The number of carbonyl (C=O) groups is 2. The third kappa shape index (κ3) is 4.20. The standard InChI is InChI=1S/C14H27N3O2/c1-4-8-14(3,15)13(19)17-9-6-11(7-10-17)12(18)16-5-2/h11H,4-10,15H2,1-3H3,(H,16,18). The third-order valence-corrected chi connectivity index (χ3v) is 3.76. The van der Waals surface area contributed by atoms with Gasteiger partial charge in [-0.3, -0.25) is 9.59 Å². The van der Waals surface area contributed by atoms with Crippen LogP contribution in [-0.4, -0.2) is 41.9 Å². The van der Waals surface area contributed by atoms with E-state index in [1.54, 1.807) is 6.92 Å². The first kappa shape index (κ1) is 16.0. The molecule has 0 aliphatic carbocycles. The van der Waals surface area contributed by atoms with Gasteiger partial charge in [-0.15, -0.1) is 0 Å². The molecule has 1 saturated heterocycles. The van der Waals surface area contributed by atoms with Crippen molar-refractivity contribution in [3.8, 4) is 0 Å². The van der Waals surface area contributed by atoms with Gasteiger partial charge in [-0.2, -0.15) is 0 Å². The molecule has 0 aromatic heterocycles. The number of hydrogen-bond donors (Lipinski definition) is 2. The molecule has 0 spiro atoms. The highest BCUT2D eigenvalue weighted by Gasteiger charge is 2.34. The largest absolute Gasteiger partial charge is 0.356 e. The Morgan fingerprint density at radius 3 is 2.37 bits per heavy atom. The molecule has 1 aliphatic rings. The van der Waals surface area contributed by atoms with Gasteiger partial charge in [0.25, 0.3) is 0 Å². The second-order valence-electron chi connectivity index (χ2n) is 5.63. The van der Waals surface area contributed by atoms with Crippen molar-refractivity contribution >= 4 is 11.8 Å². The van der Waals surface area contributed by atoms with Crippen molar-refractivity contribution in [3.63, 3.8) is 0 Å². The number of nitrogens with two attached hydrogens (primary N) is 1. The molecule has 110 valence electrons. The number of piperidine rings is 1. The molecule has 5 heteroatoms. The van der Waals surface area contributed by atoms with E-state index < -0.39 is 5.54 Å². The van der Waals surface area contributed by atoms with Crippen LogP contribution in [0.25, 0.3) is 0 Å². The fourth-order valence-electron chi connectivity index (χ4n) is 2.65. The van der Waals surface area contributed by atoms with Crippen LogP contribution in [0.4, 0.5) is 0 Å². The summed E-state index contributed by atoms with van der Waals surface area (Å²) in [4.78, 5) is 25.9. The zero-order chi connectivity index (χ0) is 14.5. The second kappa shape index (κ2) is 6.89.